The zero-order chi connectivity index (χ0) is 15.9. The molecule has 0 aromatic heterocycles. The third kappa shape index (κ3) is 8.17. The second-order valence-electron chi connectivity index (χ2n) is 6.08. The van der Waals surface area contributed by atoms with Gasteiger partial charge in [-0.05, 0) is 48.9 Å². The first kappa shape index (κ1) is 18.1. The van der Waals surface area contributed by atoms with E-state index in [2.05, 4.69) is 19.2 Å². The van der Waals surface area contributed by atoms with Gasteiger partial charge >= 0.3 is 0 Å². The number of sulfone groups is 1. The zero-order valence-electron chi connectivity index (χ0n) is 13.1. The number of benzene rings is 1. The Labute approximate surface area is 127 Å². The van der Waals surface area contributed by atoms with E-state index in [0.29, 0.717) is 12.3 Å². The fourth-order valence-corrected chi connectivity index (χ4v) is 2.98. The summed E-state index contributed by atoms with van der Waals surface area (Å²) in [4.78, 5) is 0. The van der Waals surface area contributed by atoms with E-state index in [0.717, 1.165) is 25.1 Å². The smallest absolute Gasteiger partial charge is 0.147 e. The molecule has 1 atom stereocenters. The van der Waals surface area contributed by atoms with Crippen LogP contribution in [0.25, 0.3) is 0 Å². The Balaban J connectivity index is 2.65. The van der Waals surface area contributed by atoms with Gasteiger partial charge in [0, 0.05) is 18.6 Å². The van der Waals surface area contributed by atoms with Crippen molar-refractivity contribution >= 4 is 9.84 Å². The molecule has 21 heavy (non-hydrogen) atoms. The average Bonchev–Trinajstić information content (AvgIpc) is 2.35. The van der Waals surface area contributed by atoms with E-state index in [1.54, 1.807) is 12.1 Å². The van der Waals surface area contributed by atoms with Crippen molar-refractivity contribution in [1.29, 1.82) is 0 Å². The van der Waals surface area contributed by atoms with Crippen LogP contribution in [0.4, 0.5) is 4.39 Å². The summed E-state index contributed by atoms with van der Waals surface area (Å²) in [5, 5.41) is 3.38. The summed E-state index contributed by atoms with van der Waals surface area (Å²) in [5.41, 5.74) is 0.930. The normalized spacial score (nSPS) is 13.6. The third-order valence-corrected chi connectivity index (χ3v) is 4.36. The van der Waals surface area contributed by atoms with E-state index in [9.17, 15) is 12.8 Å². The first-order chi connectivity index (χ1) is 9.78. The topological polar surface area (TPSA) is 46.2 Å². The molecule has 0 aliphatic rings. The molecule has 120 valence electrons. The predicted octanol–water partition coefficient (Wildman–Crippen LogP) is 2.98. The van der Waals surface area contributed by atoms with Gasteiger partial charge in [-0.3, -0.25) is 0 Å². The Morgan fingerprint density at radius 1 is 1.24 bits per heavy atom. The summed E-state index contributed by atoms with van der Waals surface area (Å²) in [6.45, 7) is 5.91. The zero-order valence-corrected chi connectivity index (χ0v) is 13.9. The minimum atomic E-state index is -2.94. The lowest BCUT2D eigenvalue weighted by molar-refractivity contribution is 0.495. The third-order valence-electron chi connectivity index (χ3n) is 3.33. The molecule has 0 spiro atoms. The molecule has 0 fully saturated rings. The Morgan fingerprint density at radius 3 is 2.52 bits per heavy atom. The maximum atomic E-state index is 13.4. The number of hydrogen-bond acceptors (Lipinski definition) is 3. The number of nitrogens with one attached hydrogen (secondary N) is 1. The van der Waals surface area contributed by atoms with Crippen molar-refractivity contribution in [3.05, 3.63) is 35.6 Å². The van der Waals surface area contributed by atoms with Crippen molar-refractivity contribution in [2.75, 3.05) is 25.1 Å². The molecule has 1 rings (SSSR count). The van der Waals surface area contributed by atoms with Crippen LogP contribution in [-0.4, -0.2) is 33.5 Å². The molecule has 1 aromatic rings. The summed E-state index contributed by atoms with van der Waals surface area (Å²) >= 11 is 0. The minimum Gasteiger partial charge on any atom is -0.316 e. The lowest BCUT2D eigenvalue weighted by Gasteiger charge is -2.19. The Bertz CT molecular complexity index is 529. The van der Waals surface area contributed by atoms with Gasteiger partial charge in [-0.2, -0.15) is 0 Å². The van der Waals surface area contributed by atoms with Gasteiger partial charge in [-0.25, -0.2) is 12.8 Å². The largest absolute Gasteiger partial charge is 0.316 e. The molecule has 3 nitrogen and oxygen atoms in total. The van der Waals surface area contributed by atoms with E-state index < -0.39 is 9.84 Å². The van der Waals surface area contributed by atoms with Gasteiger partial charge < -0.3 is 5.32 Å². The van der Waals surface area contributed by atoms with Gasteiger partial charge in [-0.15, -0.1) is 0 Å². The Kier molecular flexibility index (Phi) is 7.32. The van der Waals surface area contributed by atoms with Crippen LogP contribution in [0.3, 0.4) is 0 Å². The van der Waals surface area contributed by atoms with Crippen molar-refractivity contribution < 1.29 is 12.8 Å². The van der Waals surface area contributed by atoms with Crippen LogP contribution in [0, 0.1) is 11.7 Å². The summed E-state index contributed by atoms with van der Waals surface area (Å²) in [5.74, 6) is 0.628. The monoisotopic (exact) mass is 315 g/mol. The van der Waals surface area contributed by atoms with E-state index >= 15 is 0 Å². The van der Waals surface area contributed by atoms with Gasteiger partial charge in [0.1, 0.15) is 15.7 Å². The molecule has 0 aliphatic heterocycles. The maximum absolute atomic E-state index is 13.4. The number of hydrogen-bond donors (Lipinski definition) is 1. The van der Waals surface area contributed by atoms with Crippen molar-refractivity contribution in [3.63, 3.8) is 0 Å². The van der Waals surface area contributed by atoms with Crippen molar-refractivity contribution in [1.82, 2.24) is 5.32 Å². The highest BCUT2D eigenvalue weighted by Crippen LogP contribution is 2.22. The summed E-state index contributed by atoms with van der Waals surface area (Å²) in [7, 11) is -2.94. The van der Waals surface area contributed by atoms with Crippen LogP contribution < -0.4 is 5.32 Å². The van der Waals surface area contributed by atoms with Crippen LogP contribution in [-0.2, 0) is 9.84 Å². The molecule has 1 unspecified atom stereocenters. The van der Waals surface area contributed by atoms with Crippen molar-refractivity contribution in [2.24, 2.45) is 5.92 Å². The molecule has 1 aromatic carbocycles. The number of halogens is 1. The summed E-state index contributed by atoms with van der Waals surface area (Å²) in [6.07, 6.45) is 2.59. The molecule has 0 radical (unpaired) electrons. The standard InChI is InChI=1S/C16H26FNO2S/c1-13(2)11-18-12-15(7-5-9-21(3,19)20)14-6-4-8-16(17)10-14/h4,6,8,10,13,15,18H,5,7,9,11-12H2,1-3H3. The fourth-order valence-electron chi connectivity index (χ4n) is 2.29. The number of rotatable bonds is 9. The van der Waals surface area contributed by atoms with Crippen LogP contribution in [0.1, 0.15) is 38.2 Å². The summed E-state index contributed by atoms with van der Waals surface area (Å²) < 4.78 is 35.8. The van der Waals surface area contributed by atoms with Gasteiger partial charge in [0.25, 0.3) is 0 Å². The van der Waals surface area contributed by atoms with E-state index in [1.807, 2.05) is 6.07 Å². The average molecular weight is 315 g/mol. The van der Waals surface area contributed by atoms with E-state index in [-0.39, 0.29) is 17.5 Å². The SMILES string of the molecule is CC(C)CNCC(CCCS(C)(=O)=O)c1cccc(F)c1. The molecule has 5 heteroatoms. The molecule has 0 bridgehead atoms. The Hall–Kier alpha value is -0.940. The van der Waals surface area contributed by atoms with Crippen LogP contribution in [0.15, 0.2) is 24.3 Å². The molecular weight excluding hydrogens is 289 g/mol. The second-order valence-corrected chi connectivity index (χ2v) is 8.34. The van der Waals surface area contributed by atoms with E-state index in [1.165, 1.54) is 12.3 Å². The first-order valence-electron chi connectivity index (χ1n) is 7.42. The lowest BCUT2D eigenvalue weighted by Crippen LogP contribution is -2.26. The Morgan fingerprint density at radius 2 is 1.95 bits per heavy atom. The predicted molar refractivity (Wildman–Crippen MR) is 85.8 cm³/mol. The van der Waals surface area contributed by atoms with Crippen LogP contribution >= 0.6 is 0 Å². The molecule has 0 aliphatic carbocycles. The molecule has 0 saturated carbocycles. The second kappa shape index (κ2) is 8.49. The van der Waals surface area contributed by atoms with Gasteiger partial charge in [0.05, 0.1) is 0 Å². The highest BCUT2D eigenvalue weighted by Gasteiger charge is 2.13. The molecule has 0 saturated heterocycles. The minimum absolute atomic E-state index is 0.140. The molecule has 1 N–H and O–H groups in total. The van der Waals surface area contributed by atoms with Gasteiger partial charge in [0.2, 0.25) is 0 Å². The lowest BCUT2D eigenvalue weighted by atomic mass is 9.94. The molecule has 0 heterocycles. The van der Waals surface area contributed by atoms with E-state index in [4.69, 9.17) is 0 Å². The van der Waals surface area contributed by atoms with Crippen molar-refractivity contribution in [2.45, 2.75) is 32.6 Å². The quantitative estimate of drug-likeness (QED) is 0.762. The van der Waals surface area contributed by atoms with Crippen LogP contribution in [0.5, 0.6) is 0 Å². The molecular formula is C16H26FNO2S. The molecule has 0 amide bonds. The highest BCUT2D eigenvalue weighted by atomic mass is 32.2. The van der Waals surface area contributed by atoms with Gasteiger partial charge in [0.15, 0.2) is 0 Å². The fraction of sp³-hybridized carbons (Fsp3) is 0.625. The first-order valence-corrected chi connectivity index (χ1v) is 9.48. The van der Waals surface area contributed by atoms with Crippen molar-refractivity contribution in [3.8, 4) is 0 Å². The summed E-state index contributed by atoms with van der Waals surface area (Å²) in [6, 6.07) is 6.59. The van der Waals surface area contributed by atoms with Crippen LogP contribution in [0.2, 0.25) is 0 Å². The van der Waals surface area contributed by atoms with Gasteiger partial charge in [-0.1, -0.05) is 26.0 Å². The maximum Gasteiger partial charge on any atom is 0.147 e. The highest BCUT2D eigenvalue weighted by molar-refractivity contribution is 7.90.